The highest BCUT2D eigenvalue weighted by atomic mass is 32.2. The van der Waals surface area contributed by atoms with Gasteiger partial charge in [0.1, 0.15) is 6.10 Å². The van der Waals surface area contributed by atoms with Crippen molar-refractivity contribution in [1.82, 2.24) is 9.80 Å². The number of amides is 2. The Kier molecular flexibility index (Phi) is 5.10. The number of hydrogen-bond donors (Lipinski definition) is 0. The number of sulfone groups is 1. The number of rotatable bonds is 3. The molecule has 2 fully saturated rings. The molecule has 7 nitrogen and oxygen atoms in total. The average molecular weight is 366 g/mol. The Morgan fingerprint density at radius 3 is 2.16 bits per heavy atom. The van der Waals surface area contributed by atoms with Gasteiger partial charge in [0, 0.05) is 44.6 Å². The molecule has 1 atom stereocenters. The van der Waals surface area contributed by atoms with Crippen LogP contribution in [0.15, 0.2) is 29.2 Å². The molecule has 0 unspecified atom stereocenters. The van der Waals surface area contributed by atoms with E-state index < -0.39 is 9.84 Å². The SMILES string of the molecule is CS(=O)(=O)c1ccc(C(=O)N2CCN(C(=O)[C@@H]3CCCO3)CC2)cc1. The van der Waals surface area contributed by atoms with E-state index in [9.17, 15) is 18.0 Å². The van der Waals surface area contributed by atoms with Crippen molar-refractivity contribution in [2.75, 3.05) is 39.0 Å². The second-order valence-corrected chi connectivity index (χ2v) is 8.43. The Bertz CT molecular complexity index is 746. The van der Waals surface area contributed by atoms with Gasteiger partial charge in [0.15, 0.2) is 9.84 Å². The first-order valence-electron chi connectivity index (χ1n) is 8.36. The molecule has 2 amide bonds. The molecule has 2 aliphatic rings. The average Bonchev–Trinajstić information content (AvgIpc) is 3.14. The van der Waals surface area contributed by atoms with E-state index >= 15 is 0 Å². The Morgan fingerprint density at radius 2 is 1.64 bits per heavy atom. The maximum Gasteiger partial charge on any atom is 0.253 e. The first-order valence-corrected chi connectivity index (χ1v) is 10.3. The van der Waals surface area contributed by atoms with E-state index in [1.165, 1.54) is 24.3 Å². The van der Waals surface area contributed by atoms with Gasteiger partial charge in [0.2, 0.25) is 0 Å². The van der Waals surface area contributed by atoms with Crippen molar-refractivity contribution in [1.29, 1.82) is 0 Å². The van der Waals surface area contributed by atoms with Crippen LogP contribution in [0, 0.1) is 0 Å². The largest absolute Gasteiger partial charge is 0.368 e. The molecule has 0 bridgehead atoms. The minimum absolute atomic E-state index is 0.0158. The minimum atomic E-state index is -3.28. The quantitative estimate of drug-likeness (QED) is 0.780. The van der Waals surface area contributed by atoms with Crippen LogP contribution in [0.25, 0.3) is 0 Å². The molecule has 0 aliphatic carbocycles. The molecule has 136 valence electrons. The normalized spacial score (nSPS) is 21.4. The summed E-state index contributed by atoms with van der Waals surface area (Å²) in [6.45, 7) is 2.55. The zero-order valence-electron chi connectivity index (χ0n) is 14.2. The summed E-state index contributed by atoms with van der Waals surface area (Å²) in [6.07, 6.45) is 2.49. The molecular weight excluding hydrogens is 344 g/mol. The molecule has 0 spiro atoms. The van der Waals surface area contributed by atoms with Gasteiger partial charge < -0.3 is 14.5 Å². The van der Waals surface area contributed by atoms with Gasteiger partial charge >= 0.3 is 0 Å². The lowest BCUT2D eigenvalue weighted by Gasteiger charge is -2.35. The highest BCUT2D eigenvalue weighted by Crippen LogP contribution is 2.17. The summed E-state index contributed by atoms with van der Waals surface area (Å²) in [5, 5.41) is 0. The number of hydrogen-bond acceptors (Lipinski definition) is 5. The second kappa shape index (κ2) is 7.13. The van der Waals surface area contributed by atoms with Crippen LogP contribution in [0.4, 0.5) is 0 Å². The second-order valence-electron chi connectivity index (χ2n) is 6.42. The lowest BCUT2D eigenvalue weighted by Crippen LogP contribution is -2.52. The minimum Gasteiger partial charge on any atom is -0.368 e. The maximum atomic E-state index is 12.5. The van der Waals surface area contributed by atoms with Gasteiger partial charge in [-0.1, -0.05) is 0 Å². The van der Waals surface area contributed by atoms with Crippen LogP contribution in [0.1, 0.15) is 23.2 Å². The smallest absolute Gasteiger partial charge is 0.253 e. The third-order valence-corrected chi connectivity index (χ3v) is 5.74. The summed E-state index contributed by atoms with van der Waals surface area (Å²) in [5.41, 5.74) is 0.450. The van der Waals surface area contributed by atoms with Crippen LogP contribution in [0.2, 0.25) is 0 Å². The molecule has 1 aromatic rings. The molecular formula is C17H22N2O5S. The summed E-state index contributed by atoms with van der Waals surface area (Å²) in [4.78, 5) is 28.5. The highest BCUT2D eigenvalue weighted by molar-refractivity contribution is 7.90. The zero-order chi connectivity index (χ0) is 18.0. The molecule has 0 aromatic heterocycles. The Balaban J connectivity index is 1.59. The number of benzene rings is 1. The predicted molar refractivity (Wildman–Crippen MR) is 91.0 cm³/mol. The molecule has 2 saturated heterocycles. The lowest BCUT2D eigenvalue weighted by molar-refractivity contribution is -0.142. The Labute approximate surface area is 147 Å². The van der Waals surface area contributed by atoms with Gasteiger partial charge in [-0.2, -0.15) is 0 Å². The van der Waals surface area contributed by atoms with Crippen molar-refractivity contribution in [3.8, 4) is 0 Å². The Hall–Kier alpha value is -1.93. The van der Waals surface area contributed by atoms with E-state index in [4.69, 9.17) is 4.74 Å². The standard InChI is InChI=1S/C17H22N2O5S/c1-25(22,23)14-6-4-13(5-7-14)16(20)18-8-10-19(11-9-18)17(21)15-3-2-12-24-15/h4-7,15H,2-3,8-12H2,1H3/t15-/m0/s1. The third kappa shape index (κ3) is 4.01. The van der Waals surface area contributed by atoms with Gasteiger partial charge in [-0.25, -0.2) is 8.42 Å². The number of carbonyl (C=O) groups excluding carboxylic acids is 2. The first kappa shape index (κ1) is 17.9. The third-order valence-electron chi connectivity index (χ3n) is 4.61. The van der Waals surface area contributed by atoms with Gasteiger partial charge in [-0.3, -0.25) is 9.59 Å². The predicted octanol–water partition coefficient (Wildman–Crippen LogP) is 0.554. The molecule has 8 heteroatoms. The van der Waals surface area contributed by atoms with E-state index in [1.54, 1.807) is 9.80 Å². The van der Waals surface area contributed by atoms with Gasteiger partial charge in [0.05, 0.1) is 4.90 Å². The molecule has 2 aliphatic heterocycles. The number of piperazine rings is 1. The number of ether oxygens (including phenoxy) is 1. The van der Waals surface area contributed by atoms with Crippen molar-refractivity contribution in [2.24, 2.45) is 0 Å². The van der Waals surface area contributed by atoms with Crippen molar-refractivity contribution in [2.45, 2.75) is 23.8 Å². The molecule has 0 saturated carbocycles. The van der Waals surface area contributed by atoms with E-state index in [0.717, 1.165) is 19.1 Å². The Morgan fingerprint density at radius 1 is 1.04 bits per heavy atom. The number of carbonyl (C=O) groups is 2. The van der Waals surface area contributed by atoms with Crippen LogP contribution >= 0.6 is 0 Å². The van der Waals surface area contributed by atoms with Crippen molar-refractivity contribution in [3.05, 3.63) is 29.8 Å². The highest BCUT2D eigenvalue weighted by Gasteiger charge is 2.31. The maximum absolute atomic E-state index is 12.5. The fourth-order valence-corrected chi connectivity index (χ4v) is 3.76. The number of nitrogens with zero attached hydrogens (tertiary/aromatic N) is 2. The summed E-state index contributed by atoms with van der Waals surface area (Å²) in [6, 6.07) is 5.95. The van der Waals surface area contributed by atoms with Crippen LogP contribution in [-0.2, 0) is 19.4 Å². The van der Waals surface area contributed by atoms with Crippen molar-refractivity contribution >= 4 is 21.7 Å². The van der Waals surface area contributed by atoms with Crippen LogP contribution in [-0.4, -0.2) is 75.2 Å². The van der Waals surface area contributed by atoms with Crippen LogP contribution in [0.5, 0.6) is 0 Å². The van der Waals surface area contributed by atoms with E-state index in [0.29, 0.717) is 38.3 Å². The molecule has 0 N–H and O–H groups in total. The molecule has 0 radical (unpaired) electrons. The van der Waals surface area contributed by atoms with Gasteiger partial charge in [0.25, 0.3) is 11.8 Å². The summed E-state index contributed by atoms with van der Waals surface area (Å²) in [5.74, 6) is -0.133. The van der Waals surface area contributed by atoms with E-state index in [2.05, 4.69) is 0 Å². The zero-order valence-corrected chi connectivity index (χ0v) is 15.0. The summed E-state index contributed by atoms with van der Waals surface area (Å²) < 4.78 is 28.4. The molecule has 2 heterocycles. The van der Waals surface area contributed by atoms with Crippen LogP contribution < -0.4 is 0 Å². The van der Waals surface area contributed by atoms with E-state index in [1.807, 2.05) is 0 Å². The van der Waals surface area contributed by atoms with Gasteiger partial charge in [-0.05, 0) is 37.1 Å². The molecule has 3 rings (SSSR count). The first-order chi connectivity index (χ1) is 11.9. The fourth-order valence-electron chi connectivity index (χ4n) is 3.13. The monoisotopic (exact) mass is 366 g/mol. The van der Waals surface area contributed by atoms with Crippen LogP contribution in [0.3, 0.4) is 0 Å². The lowest BCUT2D eigenvalue weighted by atomic mass is 10.1. The van der Waals surface area contributed by atoms with Crippen molar-refractivity contribution in [3.63, 3.8) is 0 Å². The van der Waals surface area contributed by atoms with Gasteiger partial charge in [-0.15, -0.1) is 0 Å². The molecule has 1 aromatic carbocycles. The van der Waals surface area contributed by atoms with E-state index in [-0.39, 0.29) is 22.8 Å². The van der Waals surface area contributed by atoms with Crippen molar-refractivity contribution < 1.29 is 22.7 Å². The topological polar surface area (TPSA) is 84.0 Å². The fraction of sp³-hybridized carbons (Fsp3) is 0.529. The summed E-state index contributed by atoms with van der Waals surface area (Å²) in [7, 11) is -3.28. The molecule has 25 heavy (non-hydrogen) atoms. The summed E-state index contributed by atoms with van der Waals surface area (Å²) >= 11 is 0.